The SMILES string of the molecule is CC(=O)ON1CC[C@H](CO[Si](C)(C)C(C)(C)C)OC1. The van der Waals surface area contributed by atoms with Gasteiger partial charge >= 0.3 is 5.97 Å². The molecular formula is C13H27NO4Si. The highest BCUT2D eigenvalue weighted by Crippen LogP contribution is 2.36. The van der Waals surface area contributed by atoms with Crippen LogP contribution in [0.25, 0.3) is 0 Å². The van der Waals surface area contributed by atoms with Crippen LogP contribution in [0.5, 0.6) is 0 Å². The molecule has 0 aromatic rings. The van der Waals surface area contributed by atoms with Crippen molar-refractivity contribution in [2.24, 2.45) is 0 Å². The maximum absolute atomic E-state index is 10.8. The van der Waals surface area contributed by atoms with E-state index >= 15 is 0 Å². The molecule has 1 saturated heterocycles. The fraction of sp³-hybridized carbons (Fsp3) is 0.923. The molecule has 112 valence electrons. The van der Waals surface area contributed by atoms with E-state index in [2.05, 4.69) is 33.9 Å². The highest BCUT2D eigenvalue weighted by molar-refractivity contribution is 6.74. The maximum Gasteiger partial charge on any atom is 0.322 e. The van der Waals surface area contributed by atoms with Gasteiger partial charge in [0.2, 0.25) is 0 Å². The molecule has 0 unspecified atom stereocenters. The van der Waals surface area contributed by atoms with Crippen molar-refractivity contribution in [1.82, 2.24) is 5.06 Å². The molecular weight excluding hydrogens is 262 g/mol. The summed E-state index contributed by atoms with van der Waals surface area (Å²) >= 11 is 0. The van der Waals surface area contributed by atoms with Gasteiger partial charge in [-0.15, -0.1) is 5.06 Å². The number of hydrogen-bond acceptors (Lipinski definition) is 5. The summed E-state index contributed by atoms with van der Waals surface area (Å²) in [6.07, 6.45) is 0.919. The quantitative estimate of drug-likeness (QED) is 0.744. The van der Waals surface area contributed by atoms with Crippen LogP contribution in [-0.2, 0) is 18.8 Å². The molecule has 0 aromatic carbocycles. The van der Waals surface area contributed by atoms with Crippen molar-refractivity contribution in [3.05, 3.63) is 0 Å². The van der Waals surface area contributed by atoms with E-state index in [4.69, 9.17) is 14.0 Å². The molecule has 0 aliphatic carbocycles. The van der Waals surface area contributed by atoms with E-state index in [0.717, 1.165) is 6.42 Å². The molecule has 0 spiro atoms. The van der Waals surface area contributed by atoms with Gasteiger partial charge in [0.25, 0.3) is 0 Å². The molecule has 1 rings (SSSR count). The van der Waals surface area contributed by atoms with Crippen molar-refractivity contribution in [1.29, 1.82) is 0 Å². The van der Waals surface area contributed by atoms with Crippen LogP contribution in [0.3, 0.4) is 0 Å². The molecule has 19 heavy (non-hydrogen) atoms. The van der Waals surface area contributed by atoms with Gasteiger partial charge in [-0.25, -0.2) is 0 Å². The van der Waals surface area contributed by atoms with Gasteiger partial charge in [0.1, 0.15) is 6.73 Å². The Kier molecular flexibility index (Phi) is 5.55. The molecule has 6 heteroatoms. The molecule has 1 heterocycles. The minimum Gasteiger partial charge on any atom is -0.414 e. The highest BCUT2D eigenvalue weighted by Gasteiger charge is 2.38. The number of ether oxygens (including phenoxy) is 1. The number of hydrogen-bond donors (Lipinski definition) is 0. The van der Waals surface area contributed by atoms with E-state index in [9.17, 15) is 4.79 Å². The van der Waals surface area contributed by atoms with E-state index in [1.54, 1.807) is 5.06 Å². The van der Waals surface area contributed by atoms with Crippen molar-refractivity contribution >= 4 is 14.3 Å². The van der Waals surface area contributed by atoms with Crippen molar-refractivity contribution in [2.45, 2.75) is 58.4 Å². The van der Waals surface area contributed by atoms with Crippen molar-refractivity contribution in [3.8, 4) is 0 Å². The van der Waals surface area contributed by atoms with Crippen molar-refractivity contribution < 1.29 is 18.8 Å². The fourth-order valence-electron chi connectivity index (χ4n) is 1.53. The molecule has 0 bridgehead atoms. The average Bonchev–Trinajstić information content (AvgIpc) is 2.26. The van der Waals surface area contributed by atoms with Crippen LogP contribution in [-0.4, -0.2) is 45.3 Å². The van der Waals surface area contributed by atoms with Crippen LogP contribution in [0.2, 0.25) is 18.1 Å². The van der Waals surface area contributed by atoms with Crippen LogP contribution in [0.4, 0.5) is 0 Å². The van der Waals surface area contributed by atoms with Crippen molar-refractivity contribution in [3.63, 3.8) is 0 Å². The molecule has 5 nitrogen and oxygen atoms in total. The van der Waals surface area contributed by atoms with E-state index < -0.39 is 8.32 Å². The molecule has 1 aliphatic heterocycles. The zero-order chi connectivity index (χ0) is 14.7. The van der Waals surface area contributed by atoms with Gasteiger partial charge in [0.15, 0.2) is 8.32 Å². The largest absolute Gasteiger partial charge is 0.414 e. The Morgan fingerprint density at radius 2 is 2.05 bits per heavy atom. The smallest absolute Gasteiger partial charge is 0.322 e. The van der Waals surface area contributed by atoms with E-state index in [-0.39, 0.29) is 17.1 Å². The molecule has 1 atom stereocenters. The minimum absolute atomic E-state index is 0.0981. The molecule has 0 amide bonds. The predicted octanol–water partition coefficient (Wildman–Crippen LogP) is 2.53. The molecule has 0 saturated carbocycles. The minimum atomic E-state index is -1.71. The van der Waals surface area contributed by atoms with Gasteiger partial charge in [-0.2, -0.15) is 0 Å². The first-order valence-corrected chi connectivity index (χ1v) is 9.72. The maximum atomic E-state index is 10.8. The first-order valence-electron chi connectivity index (χ1n) is 6.81. The summed E-state index contributed by atoms with van der Waals surface area (Å²) in [7, 11) is -1.71. The monoisotopic (exact) mass is 289 g/mol. The number of nitrogens with zero attached hydrogens (tertiary/aromatic N) is 1. The highest BCUT2D eigenvalue weighted by atomic mass is 28.4. The van der Waals surface area contributed by atoms with Crippen LogP contribution >= 0.6 is 0 Å². The molecule has 1 aliphatic rings. The van der Waals surface area contributed by atoms with Gasteiger partial charge < -0.3 is 14.0 Å². The number of carbonyl (C=O) groups excluding carboxylic acids is 1. The Balaban J connectivity index is 2.32. The first kappa shape index (κ1) is 16.6. The second kappa shape index (κ2) is 6.34. The predicted molar refractivity (Wildman–Crippen MR) is 76.0 cm³/mol. The zero-order valence-electron chi connectivity index (χ0n) is 13.0. The number of rotatable bonds is 4. The summed E-state index contributed by atoms with van der Waals surface area (Å²) in [5.74, 6) is -0.306. The Hall–Kier alpha value is -0.433. The fourth-order valence-corrected chi connectivity index (χ4v) is 2.56. The Morgan fingerprint density at radius 3 is 2.47 bits per heavy atom. The Bertz CT molecular complexity index is 306. The molecule has 1 fully saturated rings. The van der Waals surface area contributed by atoms with Crippen molar-refractivity contribution in [2.75, 3.05) is 19.9 Å². The molecule has 0 radical (unpaired) electrons. The zero-order valence-corrected chi connectivity index (χ0v) is 14.0. The summed E-state index contributed by atoms with van der Waals surface area (Å²) in [4.78, 5) is 15.8. The summed E-state index contributed by atoms with van der Waals surface area (Å²) in [5.41, 5.74) is 0. The Labute approximate surface area is 117 Å². The normalized spacial score (nSPS) is 22.3. The van der Waals surface area contributed by atoms with E-state index in [1.165, 1.54) is 6.92 Å². The van der Waals surface area contributed by atoms with Gasteiger partial charge in [-0.05, 0) is 24.6 Å². The third-order valence-corrected chi connectivity index (χ3v) is 8.35. The van der Waals surface area contributed by atoms with Gasteiger partial charge in [0, 0.05) is 13.5 Å². The number of hydroxylamine groups is 2. The lowest BCUT2D eigenvalue weighted by Gasteiger charge is -2.38. The first-order chi connectivity index (χ1) is 8.62. The Morgan fingerprint density at radius 1 is 1.42 bits per heavy atom. The van der Waals surface area contributed by atoms with E-state index in [1.807, 2.05) is 0 Å². The lowest BCUT2D eigenvalue weighted by atomic mass is 10.2. The van der Waals surface area contributed by atoms with Gasteiger partial charge in [0.05, 0.1) is 12.7 Å². The topological polar surface area (TPSA) is 48.0 Å². The lowest BCUT2D eigenvalue weighted by molar-refractivity contribution is -0.238. The second-order valence-electron chi connectivity index (χ2n) is 6.57. The van der Waals surface area contributed by atoms with Gasteiger partial charge in [-0.3, -0.25) is 4.79 Å². The second-order valence-corrected chi connectivity index (χ2v) is 11.4. The lowest BCUT2D eigenvalue weighted by Crippen LogP contribution is -2.45. The van der Waals surface area contributed by atoms with Crippen LogP contribution < -0.4 is 0 Å². The van der Waals surface area contributed by atoms with Gasteiger partial charge in [-0.1, -0.05) is 20.8 Å². The van der Waals surface area contributed by atoms with E-state index in [0.29, 0.717) is 19.9 Å². The molecule has 0 aromatic heterocycles. The third kappa shape index (κ3) is 5.22. The summed E-state index contributed by atoms with van der Waals surface area (Å²) in [6.45, 7) is 14.2. The molecule has 0 N–H and O–H groups in total. The van der Waals surface area contributed by atoms with Crippen LogP contribution in [0.1, 0.15) is 34.1 Å². The number of carbonyl (C=O) groups is 1. The summed E-state index contributed by atoms with van der Waals surface area (Å²) < 4.78 is 11.8. The standard InChI is InChI=1S/C13H27NO4Si/c1-11(15)18-14-8-7-12(16-10-14)9-17-19(5,6)13(2,3)4/h12H,7-10H2,1-6H3/t12-/m1/s1. The van der Waals surface area contributed by atoms with Crippen LogP contribution in [0.15, 0.2) is 0 Å². The van der Waals surface area contributed by atoms with Crippen LogP contribution in [0, 0.1) is 0 Å². The summed E-state index contributed by atoms with van der Waals surface area (Å²) in [5, 5.41) is 1.76. The summed E-state index contributed by atoms with van der Waals surface area (Å²) in [6, 6.07) is 0. The third-order valence-electron chi connectivity index (χ3n) is 3.85. The average molecular weight is 289 g/mol.